The first-order chi connectivity index (χ1) is 14.9. The van der Waals surface area contributed by atoms with Crippen LogP contribution in [0.5, 0.6) is 0 Å². The Morgan fingerprint density at radius 3 is 2.88 bits per heavy atom. The zero-order chi connectivity index (χ0) is 22.3. The molecule has 32 heavy (non-hydrogen) atoms. The van der Waals surface area contributed by atoms with Crippen LogP contribution in [-0.2, 0) is 23.9 Å². The van der Waals surface area contributed by atoms with Gasteiger partial charge in [-0.3, -0.25) is 4.99 Å². The first kappa shape index (κ1) is 26.4. The Hall–Kier alpha value is -1.89. The van der Waals surface area contributed by atoms with Crippen molar-refractivity contribution in [2.45, 2.75) is 58.0 Å². The number of halogens is 4. The summed E-state index contributed by atoms with van der Waals surface area (Å²) in [5.74, 6) is 1.43. The largest absolute Gasteiger partial charge is 0.416 e. The van der Waals surface area contributed by atoms with Crippen LogP contribution in [0.15, 0.2) is 35.6 Å². The number of hydrogen-bond donors (Lipinski definition) is 2. The molecule has 7 nitrogen and oxygen atoms in total. The number of nitrogens with one attached hydrogen (secondary N) is 2. The highest BCUT2D eigenvalue weighted by Gasteiger charge is 2.30. The summed E-state index contributed by atoms with van der Waals surface area (Å²) in [6, 6.07) is 4.98. The number of nitrogens with zero attached hydrogens (tertiary/aromatic N) is 4. The number of guanidine groups is 1. The maximum atomic E-state index is 13.1. The predicted molar refractivity (Wildman–Crippen MR) is 127 cm³/mol. The lowest BCUT2D eigenvalue weighted by Crippen LogP contribution is -2.41. The molecule has 0 radical (unpaired) electrons. The van der Waals surface area contributed by atoms with Crippen LogP contribution in [0.25, 0.3) is 0 Å². The van der Waals surface area contributed by atoms with Crippen molar-refractivity contribution < 1.29 is 17.9 Å². The summed E-state index contributed by atoms with van der Waals surface area (Å²) in [4.78, 5) is 4.61. The first-order valence-corrected chi connectivity index (χ1v) is 10.6. The standard InChI is InChI=1S/C21H29F3N6O.HI/c1-3-19-29-27-14-30(19)10-9-25-20(26-13-18-8-5-11-31-18)28-15(2)16-6-4-7-17(12-16)21(22,23)24;/h4,6-7,12,14-15,18H,3,5,8-11,13H2,1-2H3,(H2,25,26,28);1H. The molecule has 2 atom stereocenters. The van der Waals surface area contributed by atoms with Crippen LogP contribution in [0.1, 0.15) is 49.7 Å². The molecule has 3 rings (SSSR count). The van der Waals surface area contributed by atoms with Gasteiger partial charge in [-0.2, -0.15) is 13.2 Å². The number of hydrogen-bond acceptors (Lipinski definition) is 4. The molecular weight excluding hydrogens is 536 g/mol. The van der Waals surface area contributed by atoms with Gasteiger partial charge < -0.3 is 19.9 Å². The van der Waals surface area contributed by atoms with Gasteiger partial charge in [0.2, 0.25) is 0 Å². The van der Waals surface area contributed by atoms with Crippen molar-refractivity contribution in [1.82, 2.24) is 25.4 Å². The van der Waals surface area contributed by atoms with Gasteiger partial charge in [0.25, 0.3) is 0 Å². The smallest absolute Gasteiger partial charge is 0.376 e. The Kier molecular flexibility index (Phi) is 10.2. The van der Waals surface area contributed by atoms with Gasteiger partial charge in [0.1, 0.15) is 12.2 Å². The normalized spacial score (nSPS) is 17.7. The van der Waals surface area contributed by atoms with Crippen LogP contribution < -0.4 is 10.6 Å². The van der Waals surface area contributed by atoms with Gasteiger partial charge >= 0.3 is 6.18 Å². The third-order valence-electron chi connectivity index (χ3n) is 5.20. The first-order valence-electron chi connectivity index (χ1n) is 10.6. The number of aliphatic imine (C=N–C) groups is 1. The van der Waals surface area contributed by atoms with Crippen molar-refractivity contribution in [3.8, 4) is 0 Å². The van der Waals surface area contributed by atoms with E-state index in [0.29, 0.717) is 31.2 Å². The minimum Gasteiger partial charge on any atom is -0.376 e. The van der Waals surface area contributed by atoms with E-state index in [2.05, 4.69) is 25.8 Å². The maximum absolute atomic E-state index is 13.1. The number of alkyl halides is 3. The molecule has 0 bridgehead atoms. The molecule has 0 aliphatic carbocycles. The molecule has 1 aromatic heterocycles. The van der Waals surface area contributed by atoms with Crippen molar-refractivity contribution in [1.29, 1.82) is 0 Å². The van der Waals surface area contributed by atoms with Gasteiger partial charge in [0, 0.05) is 26.1 Å². The summed E-state index contributed by atoms with van der Waals surface area (Å²) < 4.78 is 46.8. The van der Waals surface area contributed by atoms with Crippen LogP contribution in [0.2, 0.25) is 0 Å². The molecule has 0 saturated carbocycles. The molecule has 1 fully saturated rings. The summed E-state index contributed by atoms with van der Waals surface area (Å²) in [5, 5.41) is 14.5. The van der Waals surface area contributed by atoms with Crippen LogP contribution >= 0.6 is 24.0 Å². The molecule has 0 amide bonds. The van der Waals surface area contributed by atoms with Crippen LogP contribution in [0.4, 0.5) is 13.2 Å². The van der Waals surface area contributed by atoms with E-state index in [1.54, 1.807) is 12.4 Å². The van der Waals surface area contributed by atoms with E-state index in [-0.39, 0.29) is 36.1 Å². The van der Waals surface area contributed by atoms with E-state index >= 15 is 0 Å². The summed E-state index contributed by atoms with van der Waals surface area (Å²) in [5.41, 5.74) is -0.127. The minimum atomic E-state index is -4.37. The number of benzene rings is 1. The lowest BCUT2D eigenvalue weighted by atomic mass is 10.1. The molecule has 2 unspecified atom stereocenters. The molecule has 11 heteroatoms. The van der Waals surface area contributed by atoms with Crippen molar-refractivity contribution in [3.05, 3.63) is 47.5 Å². The number of aromatic nitrogens is 3. The molecule has 1 aliphatic heterocycles. The molecule has 178 valence electrons. The maximum Gasteiger partial charge on any atom is 0.416 e. The van der Waals surface area contributed by atoms with Crippen molar-refractivity contribution in [2.75, 3.05) is 19.7 Å². The topological polar surface area (TPSA) is 76.4 Å². The molecule has 2 aromatic rings. The van der Waals surface area contributed by atoms with Gasteiger partial charge in [-0.15, -0.1) is 34.2 Å². The summed E-state index contributed by atoms with van der Waals surface area (Å²) in [7, 11) is 0. The van der Waals surface area contributed by atoms with E-state index < -0.39 is 11.7 Å². The Balaban J connectivity index is 0.00000363. The third-order valence-corrected chi connectivity index (χ3v) is 5.20. The van der Waals surface area contributed by atoms with Gasteiger partial charge in [0.15, 0.2) is 5.96 Å². The van der Waals surface area contributed by atoms with Crippen molar-refractivity contribution >= 4 is 29.9 Å². The summed E-state index contributed by atoms with van der Waals surface area (Å²) >= 11 is 0. The van der Waals surface area contributed by atoms with Gasteiger partial charge in [-0.05, 0) is 37.5 Å². The average molecular weight is 566 g/mol. The van der Waals surface area contributed by atoms with Gasteiger partial charge in [-0.1, -0.05) is 19.1 Å². The second kappa shape index (κ2) is 12.4. The lowest BCUT2D eigenvalue weighted by Gasteiger charge is -2.20. The molecule has 1 aliphatic rings. The second-order valence-corrected chi connectivity index (χ2v) is 7.53. The molecule has 1 aromatic carbocycles. The monoisotopic (exact) mass is 566 g/mol. The Bertz CT molecular complexity index is 867. The highest BCUT2D eigenvalue weighted by atomic mass is 127. The molecule has 0 spiro atoms. The highest BCUT2D eigenvalue weighted by Crippen LogP contribution is 2.30. The quantitative estimate of drug-likeness (QED) is 0.288. The lowest BCUT2D eigenvalue weighted by molar-refractivity contribution is -0.137. The van der Waals surface area contributed by atoms with E-state index in [0.717, 1.165) is 37.8 Å². The molecular formula is C21H30F3IN6O. The van der Waals surface area contributed by atoms with Crippen LogP contribution in [0, 0.1) is 0 Å². The van der Waals surface area contributed by atoms with E-state index in [9.17, 15) is 13.2 Å². The third kappa shape index (κ3) is 7.61. The minimum absolute atomic E-state index is 0. The Morgan fingerprint density at radius 2 is 2.19 bits per heavy atom. The number of rotatable bonds is 8. The zero-order valence-electron chi connectivity index (χ0n) is 18.2. The van der Waals surface area contributed by atoms with Crippen molar-refractivity contribution in [2.24, 2.45) is 4.99 Å². The van der Waals surface area contributed by atoms with Crippen molar-refractivity contribution in [3.63, 3.8) is 0 Å². The fourth-order valence-corrected chi connectivity index (χ4v) is 3.44. The second-order valence-electron chi connectivity index (χ2n) is 7.53. The van der Waals surface area contributed by atoms with Gasteiger partial charge in [-0.25, -0.2) is 0 Å². The summed E-state index contributed by atoms with van der Waals surface area (Å²) in [6.45, 7) is 6.28. The van der Waals surface area contributed by atoms with E-state index in [1.165, 1.54) is 12.1 Å². The van der Waals surface area contributed by atoms with E-state index in [4.69, 9.17) is 4.74 Å². The summed E-state index contributed by atoms with van der Waals surface area (Å²) in [6.07, 6.45) is 0.144. The van der Waals surface area contributed by atoms with Crippen LogP contribution in [0.3, 0.4) is 0 Å². The fraction of sp³-hybridized carbons (Fsp3) is 0.571. The molecule has 2 heterocycles. The average Bonchev–Trinajstić information content (AvgIpc) is 3.43. The number of ether oxygens (including phenoxy) is 1. The highest BCUT2D eigenvalue weighted by molar-refractivity contribution is 14.0. The zero-order valence-corrected chi connectivity index (χ0v) is 20.6. The Labute approximate surface area is 203 Å². The Morgan fingerprint density at radius 1 is 1.38 bits per heavy atom. The van der Waals surface area contributed by atoms with Crippen LogP contribution in [-0.4, -0.2) is 46.5 Å². The SMILES string of the molecule is CCc1nncn1CCNC(=NCC1CCCO1)NC(C)c1cccc(C(F)(F)F)c1.I. The van der Waals surface area contributed by atoms with E-state index in [1.807, 2.05) is 18.4 Å². The fourth-order valence-electron chi connectivity index (χ4n) is 3.44. The molecule has 2 N–H and O–H groups in total. The predicted octanol–water partition coefficient (Wildman–Crippen LogP) is 3.95. The molecule has 1 saturated heterocycles. The van der Waals surface area contributed by atoms with Gasteiger partial charge in [0.05, 0.1) is 24.3 Å². The number of aryl methyl sites for hydroxylation is 1.